The Labute approximate surface area is 202 Å². The minimum absolute atomic E-state index is 0.0230. The molecule has 2 aromatic carbocycles. The number of hydrogen-bond acceptors (Lipinski definition) is 7. The molecule has 11 heteroatoms. The van der Waals surface area contributed by atoms with E-state index < -0.39 is 10.8 Å². The molecule has 0 spiro atoms. The Bertz CT molecular complexity index is 1490. The number of hydrazone groups is 1. The number of fused-ring (bicyclic) bond motifs is 1. The number of aryl methyl sites for hydroxylation is 1. The number of amidine groups is 2. The van der Waals surface area contributed by atoms with E-state index in [0.717, 1.165) is 11.1 Å². The number of rotatable bonds is 4. The molecule has 0 saturated carbocycles. The Balaban J connectivity index is 1.44. The van der Waals surface area contributed by atoms with Crippen molar-refractivity contribution < 1.29 is 14.1 Å². The van der Waals surface area contributed by atoms with E-state index >= 15 is 0 Å². The Kier molecular flexibility index (Phi) is 5.39. The van der Waals surface area contributed by atoms with Crippen molar-refractivity contribution in [3.63, 3.8) is 0 Å². The van der Waals surface area contributed by atoms with E-state index in [1.165, 1.54) is 41.0 Å². The number of aliphatic imine (C=N–C) groups is 1. The quantitative estimate of drug-likeness (QED) is 0.292. The van der Waals surface area contributed by atoms with Crippen molar-refractivity contribution in [1.82, 2.24) is 5.01 Å². The summed E-state index contributed by atoms with van der Waals surface area (Å²) >= 11 is 7.42. The van der Waals surface area contributed by atoms with Crippen molar-refractivity contribution in [2.75, 3.05) is 0 Å². The lowest BCUT2D eigenvalue weighted by atomic mass is 10.1. The molecule has 34 heavy (non-hydrogen) atoms. The number of nitrogens with one attached hydrogen (secondary N) is 1. The first kappa shape index (κ1) is 21.8. The first-order valence-corrected chi connectivity index (χ1v) is 11.1. The number of nitro benzene ring substituents is 1. The average molecular weight is 492 g/mol. The first-order chi connectivity index (χ1) is 16.3. The lowest BCUT2D eigenvalue weighted by Crippen LogP contribution is -2.35. The molecule has 1 aromatic heterocycles. The van der Waals surface area contributed by atoms with Crippen LogP contribution in [0.5, 0.6) is 0 Å². The van der Waals surface area contributed by atoms with Gasteiger partial charge in [0, 0.05) is 23.3 Å². The highest BCUT2D eigenvalue weighted by Gasteiger charge is 2.36. The van der Waals surface area contributed by atoms with Crippen LogP contribution in [0.3, 0.4) is 0 Å². The van der Waals surface area contributed by atoms with Gasteiger partial charge in [0.1, 0.15) is 16.6 Å². The zero-order valence-corrected chi connectivity index (χ0v) is 19.1. The molecule has 0 atom stereocenters. The monoisotopic (exact) mass is 491 g/mol. The third-order valence-corrected chi connectivity index (χ3v) is 6.43. The van der Waals surface area contributed by atoms with Gasteiger partial charge in [-0.2, -0.15) is 15.1 Å². The first-order valence-electron chi connectivity index (χ1n) is 9.92. The third-order valence-electron chi connectivity index (χ3n) is 5.17. The molecule has 1 N–H and O–H groups in total. The maximum atomic E-state index is 12.7. The third kappa shape index (κ3) is 3.82. The van der Waals surface area contributed by atoms with Gasteiger partial charge in [-0.15, -0.1) is 0 Å². The van der Waals surface area contributed by atoms with Gasteiger partial charge in [-0.05, 0) is 48.5 Å². The van der Waals surface area contributed by atoms with Crippen molar-refractivity contribution in [3.05, 3.63) is 92.2 Å². The molecule has 2 aliphatic heterocycles. The predicted octanol–water partition coefficient (Wildman–Crippen LogP) is 5.48. The second kappa shape index (κ2) is 8.40. The summed E-state index contributed by atoms with van der Waals surface area (Å²) in [7, 11) is 0. The molecule has 2 aliphatic rings. The summed E-state index contributed by atoms with van der Waals surface area (Å²) in [5.74, 6) is -0.0258. The fraction of sp³-hybridized carbons (Fsp3) is 0.0435. The van der Waals surface area contributed by atoms with Gasteiger partial charge in [-0.3, -0.25) is 20.3 Å². The van der Waals surface area contributed by atoms with Crippen LogP contribution in [-0.2, 0) is 4.79 Å². The van der Waals surface area contributed by atoms with Crippen molar-refractivity contribution in [3.8, 4) is 11.3 Å². The van der Waals surface area contributed by atoms with Gasteiger partial charge in [0.15, 0.2) is 5.84 Å². The van der Waals surface area contributed by atoms with Gasteiger partial charge in [-0.1, -0.05) is 35.9 Å². The van der Waals surface area contributed by atoms with E-state index in [1.807, 2.05) is 31.2 Å². The van der Waals surface area contributed by atoms with E-state index in [-0.39, 0.29) is 22.1 Å². The molecule has 9 nitrogen and oxygen atoms in total. The highest BCUT2D eigenvalue weighted by Crippen LogP contribution is 2.34. The zero-order valence-electron chi connectivity index (χ0n) is 17.5. The number of carbonyl (C=O) groups is 1. The molecule has 0 fully saturated rings. The van der Waals surface area contributed by atoms with Crippen LogP contribution in [0.1, 0.15) is 16.9 Å². The summed E-state index contributed by atoms with van der Waals surface area (Å²) < 4.78 is 5.78. The Morgan fingerprint density at radius 3 is 2.71 bits per heavy atom. The van der Waals surface area contributed by atoms with Gasteiger partial charge in [0.2, 0.25) is 5.17 Å². The molecular formula is C23H14ClN5O4S. The number of benzene rings is 2. The van der Waals surface area contributed by atoms with Gasteiger partial charge in [0.25, 0.3) is 11.6 Å². The van der Waals surface area contributed by atoms with Crippen LogP contribution in [0.2, 0.25) is 5.02 Å². The minimum atomic E-state index is -0.573. The van der Waals surface area contributed by atoms with E-state index in [2.05, 4.69) is 10.1 Å². The molecule has 0 saturated heterocycles. The SMILES string of the molecule is Cc1ccccc1C1=NN2C(=N)/C(=C/c3ccc(-c4ccc([N+](=O)[O-])cc4Cl)o3)C(=O)N=C2S1. The van der Waals surface area contributed by atoms with Crippen molar-refractivity contribution >= 4 is 57.1 Å². The van der Waals surface area contributed by atoms with Gasteiger partial charge < -0.3 is 4.42 Å². The molecule has 0 bridgehead atoms. The van der Waals surface area contributed by atoms with Gasteiger partial charge in [-0.25, -0.2) is 0 Å². The van der Waals surface area contributed by atoms with Crippen molar-refractivity contribution in [1.29, 1.82) is 5.41 Å². The van der Waals surface area contributed by atoms with Crippen molar-refractivity contribution in [2.45, 2.75) is 6.92 Å². The second-order valence-corrected chi connectivity index (χ2v) is 8.73. The summed E-state index contributed by atoms with van der Waals surface area (Å²) in [5.41, 5.74) is 2.29. The molecule has 5 rings (SSSR count). The van der Waals surface area contributed by atoms with Crippen LogP contribution in [-0.4, -0.2) is 31.9 Å². The van der Waals surface area contributed by atoms with Crippen molar-refractivity contribution in [2.24, 2.45) is 10.1 Å². The number of carbonyl (C=O) groups excluding carboxylic acids is 1. The molecule has 3 aromatic rings. The fourth-order valence-electron chi connectivity index (χ4n) is 3.45. The fourth-order valence-corrected chi connectivity index (χ4v) is 4.70. The number of furan rings is 1. The maximum Gasteiger partial charge on any atom is 0.283 e. The van der Waals surface area contributed by atoms with Gasteiger partial charge >= 0.3 is 0 Å². The molecule has 1 amide bonds. The molecule has 0 aliphatic carbocycles. The largest absolute Gasteiger partial charge is 0.457 e. The predicted molar refractivity (Wildman–Crippen MR) is 131 cm³/mol. The topological polar surface area (TPSA) is 125 Å². The smallest absolute Gasteiger partial charge is 0.283 e. The van der Waals surface area contributed by atoms with E-state index in [0.29, 0.717) is 27.3 Å². The molecule has 3 heterocycles. The van der Waals surface area contributed by atoms with Gasteiger partial charge in [0.05, 0.1) is 15.5 Å². The Morgan fingerprint density at radius 2 is 1.97 bits per heavy atom. The lowest BCUT2D eigenvalue weighted by molar-refractivity contribution is -0.384. The number of thioether (sulfide) groups is 1. The standard InChI is InChI=1S/C23H14ClN5O4S/c1-12-4-2-3-5-15(12)22-27-28-20(25)17(21(30)26-23(28)34-22)11-14-7-9-19(33-14)16-8-6-13(29(31)32)10-18(16)24/h2-11,25H,1H3/b17-11-,25-20?. The minimum Gasteiger partial charge on any atom is -0.457 e. The van der Waals surface area contributed by atoms with Crippen LogP contribution in [0.25, 0.3) is 17.4 Å². The van der Waals surface area contributed by atoms with Crippen LogP contribution < -0.4 is 0 Å². The summed E-state index contributed by atoms with van der Waals surface area (Å²) in [6, 6.07) is 15.0. The highest BCUT2D eigenvalue weighted by molar-refractivity contribution is 8.27. The molecule has 0 unspecified atom stereocenters. The van der Waals surface area contributed by atoms with E-state index in [4.69, 9.17) is 21.4 Å². The van der Waals surface area contributed by atoms with Crippen LogP contribution in [0.15, 0.2) is 74.7 Å². The number of nitro groups is 1. The summed E-state index contributed by atoms with van der Waals surface area (Å²) in [6.45, 7) is 1.96. The molecular weight excluding hydrogens is 478 g/mol. The average Bonchev–Trinajstić information content (AvgIpc) is 3.44. The van der Waals surface area contributed by atoms with Crippen LogP contribution in [0.4, 0.5) is 5.69 Å². The second-order valence-electron chi connectivity index (χ2n) is 7.36. The summed E-state index contributed by atoms with van der Waals surface area (Å²) in [6.07, 6.45) is 1.42. The zero-order chi connectivity index (χ0) is 24.0. The normalized spacial score (nSPS) is 16.5. The summed E-state index contributed by atoms with van der Waals surface area (Å²) in [5, 5.41) is 26.4. The Hall–Kier alpha value is -4.02. The van der Waals surface area contributed by atoms with E-state index in [1.54, 1.807) is 12.1 Å². The van der Waals surface area contributed by atoms with E-state index in [9.17, 15) is 14.9 Å². The highest BCUT2D eigenvalue weighted by atomic mass is 35.5. The van der Waals surface area contributed by atoms with Crippen LogP contribution >= 0.6 is 23.4 Å². The summed E-state index contributed by atoms with van der Waals surface area (Å²) in [4.78, 5) is 27.2. The number of non-ortho nitro benzene ring substituents is 1. The lowest BCUT2D eigenvalue weighted by Gasteiger charge is -2.19. The number of hydrogen-bond donors (Lipinski definition) is 1. The Morgan fingerprint density at radius 1 is 1.18 bits per heavy atom. The molecule has 0 radical (unpaired) electrons. The molecule has 168 valence electrons. The number of amides is 1. The number of nitrogens with zero attached hydrogens (tertiary/aromatic N) is 4. The van der Waals surface area contributed by atoms with Crippen LogP contribution in [0, 0.1) is 22.4 Å². The maximum absolute atomic E-state index is 12.7. The number of halogens is 1.